The lowest BCUT2D eigenvalue weighted by Gasteiger charge is -2.10. The largest absolute Gasteiger partial charge is 0.493 e. The number of nitrogens with one attached hydrogen (secondary N) is 1. The first-order valence-electron chi connectivity index (χ1n) is 7.42. The average Bonchev–Trinajstić information content (AvgIpc) is 3.00. The molecule has 1 heterocycles. The Balaban J connectivity index is 2.00. The molecule has 1 aromatic heterocycles. The zero-order valence-corrected chi connectivity index (χ0v) is 15.4. The standard InChI is InChI=1S/C17H14ClFN4O2S/c1-24-14-8-10(7-13(18)15(14)25-2)9-20-23-16(21-22-17(23)26)11-3-5-12(19)6-4-11/h3-9H,1-2H3,(H,22,26)/b20-9-. The quantitative estimate of drug-likeness (QED) is 0.519. The summed E-state index contributed by atoms with van der Waals surface area (Å²) in [7, 11) is 3.03. The molecule has 0 spiro atoms. The second-order valence-electron chi connectivity index (χ2n) is 5.15. The Bertz CT molecular complexity index is 1010. The van der Waals surface area contributed by atoms with Crippen LogP contribution in [0, 0.1) is 10.6 Å². The summed E-state index contributed by atoms with van der Waals surface area (Å²) in [6.07, 6.45) is 1.56. The molecule has 134 valence electrons. The number of hydrogen-bond acceptors (Lipinski definition) is 5. The van der Waals surface area contributed by atoms with Crippen LogP contribution < -0.4 is 9.47 Å². The van der Waals surface area contributed by atoms with Gasteiger partial charge in [-0.05, 0) is 54.2 Å². The number of rotatable bonds is 5. The van der Waals surface area contributed by atoms with Crippen LogP contribution in [-0.4, -0.2) is 35.3 Å². The summed E-state index contributed by atoms with van der Waals surface area (Å²) >= 11 is 11.4. The lowest BCUT2D eigenvalue weighted by Crippen LogP contribution is -1.97. The number of halogens is 2. The first kappa shape index (κ1) is 18.1. The van der Waals surface area contributed by atoms with Gasteiger partial charge in [0, 0.05) is 5.56 Å². The van der Waals surface area contributed by atoms with Crippen molar-refractivity contribution in [3.8, 4) is 22.9 Å². The Morgan fingerprint density at radius 3 is 2.62 bits per heavy atom. The van der Waals surface area contributed by atoms with Gasteiger partial charge in [0.25, 0.3) is 0 Å². The molecule has 0 aliphatic rings. The van der Waals surface area contributed by atoms with E-state index in [2.05, 4.69) is 15.3 Å². The highest BCUT2D eigenvalue weighted by Gasteiger charge is 2.11. The Kier molecular flexibility index (Phi) is 5.34. The Hall–Kier alpha value is -2.71. The van der Waals surface area contributed by atoms with Crippen LogP contribution in [0.3, 0.4) is 0 Å². The van der Waals surface area contributed by atoms with Crippen LogP contribution in [0.4, 0.5) is 4.39 Å². The van der Waals surface area contributed by atoms with E-state index in [-0.39, 0.29) is 5.82 Å². The molecule has 26 heavy (non-hydrogen) atoms. The number of hydrogen-bond donors (Lipinski definition) is 1. The van der Waals surface area contributed by atoms with E-state index in [1.165, 1.54) is 31.0 Å². The van der Waals surface area contributed by atoms with Gasteiger partial charge >= 0.3 is 0 Å². The van der Waals surface area contributed by atoms with E-state index in [0.29, 0.717) is 38.2 Å². The Labute approximate surface area is 158 Å². The minimum Gasteiger partial charge on any atom is -0.493 e. The smallest absolute Gasteiger partial charge is 0.216 e. The van der Waals surface area contributed by atoms with E-state index < -0.39 is 0 Å². The highest BCUT2D eigenvalue weighted by atomic mass is 35.5. The second kappa shape index (κ2) is 7.67. The second-order valence-corrected chi connectivity index (χ2v) is 5.95. The van der Waals surface area contributed by atoms with Crippen molar-refractivity contribution in [3.63, 3.8) is 0 Å². The minimum absolute atomic E-state index is 0.298. The van der Waals surface area contributed by atoms with Crippen LogP contribution in [0.2, 0.25) is 5.02 Å². The summed E-state index contributed by atoms with van der Waals surface area (Å²) in [6.45, 7) is 0. The molecular formula is C17H14ClFN4O2S. The number of aromatic amines is 1. The van der Waals surface area contributed by atoms with Crippen molar-refractivity contribution < 1.29 is 13.9 Å². The molecule has 0 radical (unpaired) electrons. The average molecular weight is 393 g/mol. The van der Waals surface area contributed by atoms with Crippen molar-refractivity contribution in [2.75, 3.05) is 14.2 Å². The summed E-state index contributed by atoms with van der Waals surface area (Å²) in [5.74, 6) is 1.05. The van der Waals surface area contributed by atoms with Gasteiger partial charge in [0.15, 0.2) is 17.3 Å². The summed E-state index contributed by atoms with van der Waals surface area (Å²) < 4.78 is 25.3. The highest BCUT2D eigenvalue weighted by Crippen LogP contribution is 2.35. The van der Waals surface area contributed by atoms with Crippen LogP contribution in [0.25, 0.3) is 11.4 Å². The SMILES string of the molecule is COc1cc(/C=N\n2c(-c3ccc(F)cc3)n[nH]c2=S)cc(Cl)c1OC. The number of methoxy groups -OCH3 is 2. The first-order chi connectivity index (χ1) is 12.5. The molecule has 0 amide bonds. The van der Waals surface area contributed by atoms with Gasteiger partial charge in [-0.1, -0.05) is 11.6 Å². The van der Waals surface area contributed by atoms with Gasteiger partial charge < -0.3 is 9.47 Å². The maximum absolute atomic E-state index is 13.1. The fourth-order valence-corrected chi connectivity index (χ4v) is 2.80. The van der Waals surface area contributed by atoms with Crippen molar-refractivity contribution >= 4 is 30.0 Å². The van der Waals surface area contributed by atoms with Crippen molar-refractivity contribution in [2.45, 2.75) is 0 Å². The number of ether oxygens (including phenoxy) is 2. The maximum atomic E-state index is 13.1. The lowest BCUT2D eigenvalue weighted by molar-refractivity contribution is 0.355. The molecule has 0 bridgehead atoms. The summed E-state index contributed by atoms with van der Waals surface area (Å²) in [5.41, 5.74) is 1.35. The third-order valence-corrected chi connectivity index (χ3v) is 4.08. The third kappa shape index (κ3) is 3.61. The molecule has 2 aromatic carbocycles. The topological polar surface area (TPSA) is 64.4 Å². The third-order valence-electron chi connectivity index (χ3n) is 3.53. The van der Waals surface area contributed by atoms with Crippen molar-refractivity contribution in [2.24, 2.45) is 5.10 Å². The fourth-order valence-electron chi connectivity index (χ4n) is 2.32. The molecule has 0 aliphatic carbocycles. The highest BCUT2D eigenvalue weighted by molar-refractivity contribution is 7.71. The molecule has 0 unspecified atom stereocenters. The van der Waals surface area contributed by atoms with Crippen LogP contribution >= 0.6 is 23.8 Å². The number of aromatic nitrogens is 3. The van der Waals surface area contributed by atoms with Crippen LogP contribution in [0.1, 0.15) is 5.56 Å². The molecule has 0 fully saturated rings. The van der Waals surface area contributed by atoms with Gasteiger partial charge in [-0.15, -0.1) is 0 Å². The van der Waals surface area contributed by atoms with E-state index in [4.69, 9.17) is 33.3 Å². The fraction of sp³-hybridized carbons (Fsp3) is 0.118. The lowest BCUT2D eigenvalue weighted by atomic mass is 10.2. The summed E-state index contributed by atoms with van der Waals surface area (Å²) in [4.78, 5) is 0. The molecule has 0 aliphatic heterocycles. The molecular weight excluding hydrogens is 379 g/mol. The summed E-state index contributed by atoms with van der Waals surface area (Å²) in [5, 5.41) is 11.6. The Morgan fingerprint density at radius 1 is 1.23 bits per heavy atom. The van der Waals surface area contributed by atoms with Gasteiger partial charge in [0.1, 0.15) is 5.82 Å². The van der Waals surface area contributed by atoms with E-state index in [1.807, 2.05) is 0 Å². The molecule has 6 nitrogen and oxygen atoms in total. The molecule has 9 heteroatoms. The van der Waals surface area contributed by atoms with Crippen LogP contribution in [0.15, 0.2) is 41.5 Å². The van der Waals surface area contributed by atoms with Crippen molar-refractivity contribution in [1.82, 2.24) is 14.9 Å². The molecule has 3 rings (SSSR count). The molecule has 3 aromatic rings. The normalized spacial score (nSPS) is 11.1. The molecule has 0 saturated heterocycles. The molecule has 0 atom stereocenters. The van der Waals surface area contributed by atoms with Crippen LogP contribution in [0.5, 0.6) is 11.5 Å². The van der Waals surface area contributed by atoms with Crippen molar-refractivity contribution in [3.05, 3.63) is 57.6 Å². The first-order valence-corrected chi connectivity index (χ1v) is 8.21. The number of nitrogens with zero attached hydrogens (tertiary/aromatic N) is 3. The monoisotopic (exact) mass is 392 g/mol. The summed E-state index contributed by atoms with van der Waals surface area (Å²) in [6, 6.07) is 9.30. The van der Waals surface area contributed by atoms with Gasteiger partial charge in [0.05, 0.1) is 25.5 Å². The van der Waals surface area contributed by atoms with E-state index in [9.17, 15) is 4.39 Å². The zero-order chi connectivity index (χ0) is 18.7. The van der Waals surface area contributed by atoms with E-state index in [1.54, 1.807) is 30.5 Å². The molecule has 0 saturated carbocycles. The Morgan fingerprint density at radius 2 is 1.96 bits per heavy atom. The van der Waals surface area contributed by atoms with E-state index >= 15 is 0 Å². The van der Waals surface area contributed by atoms with E-state index in [0.717, 1.165) is 0 Å². The number of H-pyrrole nitrogens is 1. The predicted molar refractivity (Wildman–Crippen MR) is 100 cm³/mol. The van der Waals surface area contributed by atoms with Gasteiger partial charge in [0.2, 0.25) is 4.77 Å². The van der Waals surface area contributed by atoms with Gasteiger partial charge in [-0.3, -0.25) is 0 Å². The zero-order valence-electron chi connectivity index (χ0n) is 13.9. The maximum Gasteiger partial charge on any atom is 0.216 e. The minimum atomic E-state index is -0.335. The van der Waals surface area contributed by atoms with Gasteiger partial charge in [-0.2, -0.15) is 14.9 Å². The van der Waals surface area contributed by atoms with Gasteiger partial charge in [-0.25, -0.2) is 9.49 Å². The predicted octanol–water partition coefficient (Wildman–Crippen LogP) is 4.30. The van der Waals surface area contributed by atoms with Crippen molar-refractivity contribution in [1.29, 1.82) is 0 Å². The number of benzene rings is 2. The molecule has 1 N–H and O–H groups in total. The van der Waals surface area contributed by atoms with Crippen LogP contribution in [-0.2, 0) is 0 Å².